The van der Waals surface area contributed by atoms with Gasteiger partial charge >= 0.3 is 0 Å². The molecule has 1 aromatic carbocycles. The molecule has 2 N–H and O–H groups in total. The van der Waals surface area contributed by atoms with Crippen molar-refractivity contribution in [2.75, 3.05) is 17.2 Å². The van der Waals surface area contributed by atoms with Gasteiger partial charge < -0.3 is 10.6 Å². The van der Waals surface area contributed by atoms with Crippen LogP contribution in [0.3, 0.4) is 0 Å². The second-order valence-corrected chi connectivity index (χ2v) is 4.07. The highest BCUT2D eigenvalue weighted by molar-refractivity contribution is 6.03. The first kappa shape index (κ1) is 13.9. The van der Waals surface area contributed by atoms with Crippen LogP contribution in [-0.2, 0) is 0 Å². The summed E-state index contributed by atoms with van der Waals surface area (Å²) in [4.78, 5) is 15.9. The zero-order valence-electron chi connectivity index (χ0n) is 10.8. The molecule has 104 valence electrons. The van der Waals surface area contributed by atoms with Gasteiger partial charge in [0.2, 0.25) is 0 Å². The van der Waals surface area contributed by atoms with Gasteiger partial charge in [-0.3, -0.25) is 9.78 Å². The van der Waals surface area contributed by atoms with E-state index >= 15 is 0 Å². The Balaban J connectivity index is 2.17. The van der Waals surface area contributed by atoms with Crippen molar-refractivity contribution in [2.24, 2.45) is 0 Å². The van der Waals surface area contributed by atoms with Crippen LogP contribution < -0.4 is 10.6 Å². The number of hydrogen-bond acceptors (Lipinski definition) is 3. The zero-order chi connectivity index (χ0) is 14.5. The lowest BCUT2D eigenvalue weighted by Gasteiger charge is -2.07. The fourth-order valence-electron chi connectivity index (χ4n) is 1.69. The second kappa shape index (κ2) is 6.10. The Hall–Kier alpha value is -2.50. The van der Waals surface area contributed by atoms with E-state index in [2.05, 4.69) is 15.6 Å². The van der Waals surface area contributed by atoms with Crippen LogP contribution in [-0.4, -0.2) is 17.4 Å². The monoisotopic (exact) mass is 277 g/mol. The van der Waals surface area contributed by atoms with Gasteiger partial charge in [0.05, 0.1) is 0 Å². The number of anilines is 2. The molecule has 20 heavy (non-hydrogen) atoms. The van der Waals surface area contributed by atoms with Crippen molar-refractivity contribution in [1.29, 1.82) is 0 Å². The predicted molar refractivity (Wildman–Crippen MR) is 72.7 cm³/mol. The van der Waals surface area contributed by atoms with Gasteiger partial charge in [-0.05, 0) is 31.2 Å². The number of carbonyl (C=O) groups is 1. The van der Waals surface area contributed by atoms with Gasteiger partial charge in [0.15, 0.2) is 0 Å². The average Bonchev–Trinajstić information content (AvgIpc) is 2.38. The maximum Gasteiger partial charge on any atom is 0.274 e. The number of rotatable bonds is 4. The van der Waals surface area contributed by atoms with Crippen molar-refractivity contribution >= 4 is 17.3 Å². The highest BCUT2D eigenvalue weighted by atomic mass is 19.1. The van der Waals surface area contributed by atoms with E-state index in [1.807, 2.05) is 6.92 Å². The van der Waals surface area contributed by atoms with Crippen molar-refractivity contribution in [3.05, 3.63) is 53.9 Å². The van der Waals surface area contributed by atoms with E-state index in [1.165, 1.54) is 6.20 Å². The molecule has 1 heterocycles. The Bertz CT molecular complexity index is 611. The van der Waals surface area contributed by atoms with Crippen molar-refractivity contribution in [1.82, 2.24) is 4.98 Å². The summed E-state index contributed by atoms with van der Waals surface area (Å²) >= 11 is 0. The van der Waals surface area contributed by atoms with Gasteiger partial charge in [0.25, 0.3) is 5.91 Å². The summed E-state index contributed by atoms with van der Waals surface area (Å²) in [5.41, 5.74) is 0.953. The molecule has 0 saturated carbocycles. The van der Waals surface area contributed by atoms with E-state index in [9.17, 15) is 13.6 Å². The topological polar surface area (TPSA) is 54.0 Å². The number of amides is 1. The van der Waals surface area contributed by atoms with Gasteiger partial charge in [-0.15, -0.1) is 0 Å². The molecule has 2 aromatic rings. The van der Waals surface area contributed by atoms with Gasteiger partial charge in [0, 0.05) is 30.2 Å². The summed E-state index contributed by atoms with van der Waals surface area (Å²) in [5, 5.41) is 5.44. The number of pyridine rings is 1. The third-order valence-electron chi connectivity index (χ3n) is 2.49. The van der Waals surface area contributed by atoms with Gasteiger partial charge in [0.1, 0.15) is 17.3 Å². The Morgan fingerprint density at radius 3 is 2.50 bits per heavy atom. The third-order valence-corrected chi connectivity index (χ3v) is 2.49. The molecule has 0 aliphatic heterocycles. The number of aromatic nitrogens is 1. The molecule has 4 nitrogen and oxygen atoms in total. The number of carbonyl (C=O) groups excluding carboxylic acids is 1. The van der Waals surface area contributed by atoms with Crippen molar-refractivity contribution < 1.29 is 13.6 Å². The molecule has 0 atom stereocenters. The normalized spacial score (nSPS) is 10.2. The van der Waals surface area contributed by atoms with E-state index in [1.54, 1.807) is 12.1 Å². The first-order valence-electron chi connectivity index (χ1n) is 6.06. The number of nitrogens with zero attached hydrogens (tertiary/aromatic N) is 1. The van der Waals surface area contributed by atoms with Crippen LogP contribution in [0.1, 0.15) is 17.4 Å². The predicted octanol–water partition coefficient (Wildman–Crippen LogP) is 3.04. The molecule has 0 radical (unpaired) electrons. The van der Waals surface area contributed by atoms with Crippen LogP contribution in [0.4, 0.5) is 20.2 Å². The quantitative estimate of drug-likeness (QED) is 0.903. The van der Waals surface area contributed by atoms with Crippen LogP contribution in [0.5, 0.6) is 0 Å². The van der Waals surface area contributed by atoms with Crippen LogP contribution in [0, 0.1) is 11.6 Å². The summed E-state index contributed by atoms with van der Waals surface area (Å²) in [7, 11) is 0. The summed E-state index contributed by atoms with van der Waals surface area (Å²) in [5.74, 6) is -2.04. The Morgan fingerprint density at radius 1 is 1.15 bits per heavy atom. The van der Waals surface area contributed by atoms with Crippen molar-refractivity contribution in [3.8, 4) is 0 Å². The minimum Gasteiger partial charge on any atom is -0.385 e. The van der Waals surface area contributed by atoms with Crippen molar-refractivity contribution in [3.63, 3.8) is 0 Å². The smallest absolute Gasteiger partial charge is 0.274 e. The molecule has 0 aliphatic rings. The zero-order valence-corrected chi connectivity index (χ0v) is 10.8. The maximum atomic E-state index is 13.0. The van der Waals surface area contributed by atoms with Crippen LogP contribution in [0.2, 0.25) is 0 Å². The van der Waals surface area contributed by atoms with E-state index < -0.39 is 17.5 Å². The first-order valence-corrected chi connectivity index (χ1v) is 6.06. The minimum atomic E-state index is -0.755. The molecule has 6 heteroatoms. The number of nitrogens with one attached hydrogen (secondary N) is 2. The molecule has 0 aliphatic carbocycles. The van der Waals surface area contributed by atoms with E-state index in [4.69, 9.17) is 0 Å². The SMILES string of the molecule is CCNc1ccnc(C(=O)Nc2cc(F)cc(F)c2)c1. The van der Waals surface area contributed by atoms with Crippen LogP contribution >= 0.6 is 0 Å². The highest BCUT2D eigenvalue weighted by Gasteiger charge is 2.10. The summed E-state index contributed by atoms with van der Waals surface area (Å²) in [6, 6.07) is 6.10. The van der Waals surface area contributed by atoms with E-state index in [0.29, 0.717) is 6.54 Å². The van der Waals surface area contributed by atoms with Crippen molar-refractivity contribution in [2.45, 2.75) is 6.92 Å². The lowest BCUT2D eigenvalue weighted by Crippen LogP contribution is -2.14. The molecule has 2 rings (SSSR count). The highest BCUT2D eigenvalue weighted by Crippen LogP contribution is 2.15. The molecular formula is C14H13F2N3O. The molecule has 0 saturated heterocycles. The number of benzene rings is 1. The third kappa shape index (κ3) is 3.50. The minimum absolute atomic E-state index is 0.0446. The van der Waals surface area contributed by atoms with Crippen LogP contribution in [0.25, 0.3) is 0 Å². The lowest BCUT2D eigenvalue weighted by atomic mass is 10.2. The van der Waals surface area contributed by atoms with Gasteiger partial charge in [-0.25, -0.2) is 8.78 Å². The molecule has 0 fully saturated rings. The maximum absolute atomic E-state index is 13.0. The fraction of sp³-hybridized carbons (Fsp3) is 0.143. The number of hydrogen-bond donors (Lipinski definition) is 2. The second-order valence-electron chi connectivity index (χ2n) is 4.07. The number of halogens is 2. The molecular weight excluding hydrogens is 264 g/mol. The molecule has 1 aromatic heterocycles. The van der Waals surface area contributed by atoms with Gasteiger partial charge in [-0.1, -0.05) is 0 Å². The molecule has 1 amide bonds. The average molecular weight is 277 g/mol. The lowest BCUT2D eigenvalue weighted by molar-refractivity contribution is 0.102. The van der Waals surface area contributed by atoms with E-state index in [0.717, 1.165) is 23.9 Å². The molecule has 0 spiro atoms. The largest absolute Gasteiger partial charge is 0.385 e. The Kier molecular flexibility index (Phi) is 4.24. The molecule has 0 bridgehead atoms. The Morgan fingerprint density at radius 2 is 1.85 bits per heavy atom. The standard InChI is InChI=1S/C14H13F2N3O/c1-2-17-11-3-4-18-13(8-11)14(20)19-12-6-9(15)5-10(16)7-12/h3-8H,2H2,1H3,(H,17,18)(H,19,20). The van der Waals surface area contributed by atoms with Gasteiger partial charge in [-0.2, -0.15) is 0 Å². The fourth-order valence-corrected chi connectivity index (χ4v) is 1.69. The Labute approximate surface area is 114 Å². The first-order chi connectivity index (χ1) is 9.58. The van der Waals surface area contributed by atoms with Crippen LogP contribution in [0.15, 0.2) is 36.5 Å². The van der Waals surface area contributed by atoms with E-state index in [-0.39, 0.29) is 11.4 Å². The summed E-state index contributed by atoms with van der Waals surface area (Å²) < 4.78 is 26.1. The summed E-state index contributed by atoms with van der Waals surface area (Å²) in [6.07, 6.45) is 1.49. The molecule has 0 unspecified atom stereocenters. The summed E-state index contributed by atoms with van der Waals surface area (Å²) in [6.45, 7) is 2.63.